The van der Waals surface area contributed by atoms with Crippen molar-refractivity contribution in [2.24, 2.45) is 0 Å². The number of fused-ring (bicyclic) bond motifs is 2. The number of rotatable bonds is 4. The molecule has 4 aromatic rings. The average molecular weight is 376 g/mol. The Morgan fingerprint density at radius 3 is 2.71 bits per heavy atom. The van der Waals surface area contributed by atoms with Gasteiger partial charge in [0, 0.05) is 33.7 Å². The normalized spacial score (nSPS) is 11.3. The van der Waals surface area contributed by atoms with Crippen molar-refractivity contribution in [1.82, 2.24) is 9.55 Å². The summed E-state index contributed by atoms with van der Waals surface area (Å²) in [5.41, 5.74) is 5.63. The monoisotopic (exact) mass is 376 g/mol. The number of aryl methyl sites for hydroxylation is 1. The minimum absolute atomic E-state index is 0.136. The van der Waals surface area contributed by atoms with E-state index in [0.29, 0.717) is 6.61 Å². The van der Waals surface area contributed by atoms with Gasteiger partial charge < -0.3 is 9.30 Å². The van der Waals surface area contributed by atoms with Crippen molar-refractivity contribution in [2.75, 3.05) is 6.61 Å². The Morgan fingerprint density at radius 1 is 1.11 bits per heavy atom. The number of carbonyl (C=O) groups excluding carboxylic acids is 1. The van der Waals surface area contributed by atoms with Gasteiger partial charge in [0.05, 0.1) is 12.1 Å². The first-order valence-electron chi connectivity index (χ1n) is 9.29. The highest BCUT2D eigenvalue weighted by Gasteiger charge is 2.19. The van der Waals surface area contributed by atoms with Gasteiger partial charge in [-0.05, 0) is 62.7 Å². The van der Waals surface area contributed by atoms with Gasteiger partial charge in [-0.2, -0.15) is 0 Å². The highest BCUT2D eigenvalue weighted by Crippen LogP contribution is 2.38. The fraction of sp³-hybridized carbons (Fsp3) is 0.217. The summed E-state index contributed by atoms with van der Waals surface area (Å²) in [5.74, 6) is -0.578. The van der Waals surface area contributed by atoms with Crippen LogP contribution in [0.2, 0.25) is 0 Å². The number of carbonyl (C=O) groups is 1. The zero-order valence-electron chi connectivity index (χ0n) is 16.1. The molecule has 142 valence electrons. The number of aromatic nitrogens is 2. The highest BCUT2D eigenvalue weighted by atomic mass is 19.1. The second-order valence-corrected chi connectivity index (χ2v) is 6.89. The predicted octanol–water partition coefficient (Wildman–Crippen LogP) is 5.18. The molecule has 0 radical (unpaired) electrons. The molecule has 0 aliphatic heterocycles. The second kappa shape index (κ2) is 7.08. The molecule has 28 heavy (non-hydrogen) atoms. The van der Waals surface area contributed by atoms with Gasteiger partial charge in [0.15, 0.2) is 0 Å². The van der Waals surface area contributed by atoms with Gasteiger partial charge >= 0.3 is 5.97 Å². The first-order valence-corrected chi connectivity index (χ1v) is 9.29. The van der Waals surface area contributed by atoms with Crippen molar-refractivity contribution in [3.05, 3.63) is 65.7 Å². The maximum Gasteiger partial charge on any atom is 0.325 e. The predicted molar refractivity (Wildman–Crippen MR) is 109 cm³/mol. The van der Waals surface area contributed by atoms with Crippen LogP contribution < -0.4 is 0 Å². The van der Waals surface area contributed by atoms with Gasteiger partial charge in [-0.3, -0.25) is 9.78 Å². The molecule has 2 heterocycles. The molecule has 5 heteroatoms. The molecule has 4 nitrogen and oxygen atoms in total. The molecular weight excluding hydrogens is 355 g/mol. The van der Waals surface area contributed by atoms with Crippen LogP contribution in [0.25, 0.3) is 32.9 Å². The minimum atomic E-state index is -0.300. The fourth-order valence-electron chi connectivity index (χ4n) is 3.81. The number of hydrogen-bond donors (Lipinski definition) is 0. The van der Waals surface area contributed by atoms with Crippen LogP contribution in [-0.2, 0) is 16.1 Å². The maximum atomic E-state index is 14.0. The maximum absolute atomic E-state index is 14.0. The van der Waals surface area contributed by atoms with Crippen molar-refractivity contribution in [3.63, 3.8) is 0 Å². The van der Waals surface area contributed by atoms with Gasteiger partial charge in [0.2, 0.25) is 0 Å². The molecule has 0 unspecified atom stereocenters. The van der Waals surface area contributed by atoms with E-state index in [2.05, 4.69) is 11.1 Å². The van der Waals surface area contributed by atoms with Crippen molar-refractivity contribution in [1.29, 1.82) is 0 Å². The molecule has 0 aliphatic rings. The lowest BCUT2D eigenvalue weighted by molar-refractivity contribution is -0.143. The number of ether oxygens (including phenoxy) is 1. The number of benzene rings is 2. The van der Waals surface area contributed by atoms with Gasteiger partial charge in [-0.1, -0.05) is 11.6 Å². The summed E-state index contributed by atoms with van der Waals surface area (Å²) in [7, 11) is 0. The Kier molecular flexibility index (Phi) is 4.59. The Morgan fingerprint density at radius 2 is 1.93 bits per heavy atom. The fourth-order valence-corrected chi connectivity index (χ4v) is 3.81. The van der Waals surface area contributed by atoms with Crippen molar-refractivity contribution in [3.8, 4) is 11.1 Å². The van der Waals surface area contributed by atoms with Crippen molar-refractivity contribution < 1.29 is 13.9 Å². The summed E-state index contributed by atoms with van der Waals surface area (Å²) in [5, 5.41) is 1.78. The standard InChI is InChI=1S/C23H21FN2O2/c1-4-28-22(27)13-26-15(3)23(19-11-14(2)5-8-21(19)26)17-9-10-25-20-7-6-16(24)12-18(17)20/h5-12H,4,13H2,1-3H3. The third-order valence-corrected chi connectivity index (χ3v) is 5.04. The van der Waals surface area contributed by atoms with Crippen LogP contribution in [0.3, 0.4) is 0 Å². The molecule has 0 amide bonds. The molecule has 0 N–H and O–H groups in total. The summed E-state index contributed by atoms with van der Waals surface area (Å²) in [6.07, 6.45) is 1.74. The molecule has 0 atom stereocenters. The van der Waals surface area contributed by atoms with Crippen molar-refractivity contribution in [2.45, 2.75) is 27.3 Å². The van der Waals surface area contributed by atoms with E-state index in [1.54, 1.807) is 19.2 Å². The Balaban J connectivity index is 2.03. The van der Waals surface area contributed by atoms with E-state index in [1.165, 1.54) is 12.1 Å². The molecule has 0 fully saturated rings. The zero-order chi connectivity index (χ0) is 19.8. The van der Waals surface area contributed by atoms with E-state index in [4.69, 9.17) is 4.74 Å². The van der Waals surface area contributed by atoms with Crippen LogP contribution in [0, 0.1) is 19.7 Å². The van der Waals surface area contributed by atoms with E-state index in [1.807, 2.05) is 36.6 Å². The van der Waals surface area contributed by atoms with E-state index < -0.39 is 0 Å². The summed E-state index contributed by atoms with van der Waals surface area (Å²) >= 11 is 0. The third kappa shape index (κ3) is 3.03. The Hall–Kier alpha value is -3.21. The number of nitrogens with zero attached hydrogens (tertiary/aromatic N) is 2. The van der Waals surface area contributed by atoms with Gasteiger partial charge in [0.1, 0.15) is 12.4 Å². The summed E-state index contributed by atoms with van der Waals surface area (Å²) < 4.78 is 21.1. The lowest BCUT2D eigenvalue weighted by Gasteiger charge is -2.09. The zero-order valence-corrected chi connectivity index (χ0v) is 16.1. The highest BCUT2D eigenvalue weighted by molar-refractivity contribution is 6.06. The third-order valence-electron chi connectivity index (χ3n) is 5.04. The Bertz CT molecular complexity index is 1210. The molecule has 0 spiro atoms. The average Bonchev–Trinajstić information content (AvgIpc) is 2.92. The van der Waals surface area contributed by atoms with E-state index >= 15 is 0 Å². The van der Waals surface area contributed by atoms with Crippen LogP contribution in [0.5, 0.6) is 0 Å². The quantitative estimate of drug-likeness (QED) is 0.461. The van der Waals surface area contributed by atoms with E-state index in [0.717, 1.165) is 44.2 Å². The lowest BCUT2D eigenvalue weighted by Crippen LogP contribution is -2.14. The van der Waals surface area contributed by atoms with Gasteiger partial charge in [-0.15, -0.1) is 0 Å². The van der Waals surface area contributed by atoms with Crippen LogP contribution in [0.15, 0.2) is 48.7 Å². The van der Waals surface area contributed by atoms with Gasteiger partial charge in [0.25, 0.3) is 0 Å². The molecule has 2 aromatic heterocycles. The lowest BCUT2D eigenvalue weighted by atomic mass is 9.98. The summed E-state index contributed by atoms with van der Waals surface area (Å²) in [4.78, 5) is 16.5. The summed E-state index contributed by atoms with van der Waals surface area (Å²) in [6, 6.07) is 12.7. The summed E-state index contributed by atoms with van der Waals surface area (Å²) in [6.45, 7) is 6.29. The Labute approximate surface area is 162 Å². The first-order chi connectivity index (χ1) is 13.5. The van der Waals surface area contributed by atoms with E-state index in [-0.39, 0.29) is 18.3 Å². The molecule has 0 aliphatic carbocycles. The van der Waals surface area contributed by atoms with Crippen LogP contribution in [-0.4, -0.2) is 22.1 Å². The number of esters is 1. The minimum Gasteiger partial charge on any atom is -0.465 e. The molecular formula is C23H21FN2O2. The number of halogens is 1. The largest absolute Gasteiger partial charge is 0.465 e. The number of hydrogen-bond acceptors (Lipinski definition) is 3. The SMILES string of the molecule is CCOC(=O)Cn1c(C)c(-c2ccnc3ccc(F)cc23)c2cc(C)ccc21. The van der Waals surface area contributed by atoms with Crippen LogP contribution in [0.4, 0.5) is 4.39 Å². The van der Waals surface area contributed by atoms with Crippen LogP contribution in [0.1, 0.15) is 18.2 Å². The van der Waals surface area contributed by atoms with E-state index in [9.17, 15) is 9.18 Å². The number of pyridine rings is 1. The van der Waals surface area contributed by atoms with Gasteiger partial charge in [-0.25, -0.2) is 4.39 Å². The van der Waals surface area contributed by atoms with Crippen molar-refractivity contribution >= 4 is 27.8 Å². The second-order valence-electron chi connectivity index (χ2n) is 6.89. The topological polar surface area (TPSA) is 44.1 Å². The molecule has 0 saturated heterocycles. The molecule has 4 rings (SSSR count). The molecule has 0 bridgehead atoms. The first kappa shape index (κ1) is 18.2. The van der Waals surface area contributed by atoms with Crippen LogP contribution >= 0.6 is 0 Å². The molecule has 2 aromatic carbocycles. The molecule has 0 saturated carbocycles. The smallest absolute Gasteiger partial charge is 0.325 e.